The number of benzene rings is 2. The average Bonchev–Trinajstić information content (AvgIpc) is 2.49. The van der Waals surface area contributed by atoms with Gasteiger partial charge in [-0.2, -0.15) is 0 Å². The normalized spacial score (nSPS) is 10.3. The van der Waals surface area contributed by atoms with E-state index in [4.69, 9.17) is 5.73 Å². The molecule has 0 bridgehead atoms. The fourth-order valence-electron chi connectivity index (χ4n) is 1.90. The second-order valence-corrected chi connectivity index (χ2v) is 4.25. The zero-order valence-electron chi connectivity index (χ0n) is 10.3. The Kier molecular flexibility index (Phi) is 2.94. The van der Waals surface area contributed by atoms with Gasteiger partial charge in [-0.3, -0.25) is 0 Å². The molecule has 0 unspecified atom stereocenters. The van der Waals surface area contributed by atoms with Crippen molar-refractivity contribution >= 4 is 5.69 Å². The van der Waals surface area contributed by atoms with Gasteiger partial charge in [-0.15, -0.1) is 0 Å². The number of anilines is 1. The van der Waals surface area contributed by atoms with Gasteiger partial charge >= 0.3 is 0 Å². The molecule has 0 saturated heterocycles. The molecule has 0 saturated carbocycles. The monoisotopic (exact) mass is 247 g/mol. The molecule has 3 rings (SSSR count). The lowest BCUT2D eigenvalue weighted by atomic mass is 10.1. The van der Waals surface area contributed by atoms with E-state index in [0.29, 0.717) is 5.82 Å². The molecule has 0 amide bonds. The molecular weight excluding hydrogens is 234 g/mol. The molecule has 3 heteroatoms. The predicted molar refractivity (Wildman–Crippen MR) is 77.3 cm³/mol. The van der Waals surface area contributed by atoms with Gasteiger partial charge in [-0.05, 0) is 30.3 Å². The number of nitrogen functional groups attached to an aromatic ring is 1. The number of hydrogen-bond donors (Lipinski definition) is 1. The van der Waals surface area contributed by atoms with Crippen molar-refractivity contribution in [1.29, 1.82) is 0 Å². The highest BCUT2D eigenvalue weighted by atomic mass is 14.9. The van der Waals surface area contributed by atoms with E-state index in [0.717, 1.165) is 22.5 Å². The maximum absolute atomic E-state index is 5.68. The van der Waals surface area contributed by atoms with Gasteiger partial charge in [-0.1, -0.05) is 30.3 Å². The highest BCUT2D eigenvalue weighted by molar-refractivity contribution is 5.64. The minimum absolute atomic E-state index is 0.710. The number of rotatable bonds is 2. The van der Waals surface area contributed by atoms with Crippen LogP contribution in [0.2, 0.25) is 0 Å². The molecule has 3 aromatic rings. The first-order valence-corrected chi connectivity index (χ1v) is 6.07. The van der Waals surface area contributed by atoms with E-state index in [1.54, 1.807) is 6.20 Å². The molecule has 0 spiro atoms. The number of nitrogens with two attached hydrogens (primary N) is 1. The van der Waals surface area contributed by atoms with E-state index in [2.05, 4.69) is 9.97 Å². The summed E-state index contributed by atoms with van der Waals surface area (Å²) >= 11 is 0. The molecule has 19 heavy (non-hydrogen) atoms. The number of aromatic nitrogens is 2. The third-order valence-electron chi connectivity index (χ3n) is 2.89. The molecule has 0 aliphatic carbocycles. The van der Waals surface area contributed by atoms with Gasteiger partial charge in [0.1, 0.15) is 0 Å². The summed E-state index contributed by atoms with van der Waals surface area (Å²) in [6.45, 7) is 0. The molecule has 2 N–H and O–H groups in total. The summed E-state index contributed by atoms with van der Waals surface area (Å²) in [6, 6.07) is 19.5. The smallest absolute Gasteiger partial charge is 0.159 e. The SMILES string of the molecule is Nc1ccc(-c2nccc(-c3ccccc3)n2)cc1. The van der Waals surface area contributed by atoms with Crippen molar-refractivity contribution < 1.29 is 0 Å². The lowest BCUT2D eigenvalue weighted by Crippen LogP contribution is -1.92. The van der Waals surface area contributed by atoms with E-state index in [1.807, 2.05) is 60.7 Å². The Morgan fingerprint density at radius 2 is 1.47 bits per heavy atom. The minimum Gasteiger partial charge on any atom is -0.399 e. The fourth-order valence-corrected chi connectivity index (χ4v) is 1.90. The van der Waals surface area contributed by atoms with Crippen molar-refractivity contribution in [2.45, 2.75) is 0 Å². The third kappa shape index (κ3) is 2.45. The molecule has 1 aromatic heterocycles. The van der Waals surface area contributed by atoms with Gasteiger partial charge in [-0.25, -0.2) is 9.97 Å². The summed E-state index contributed by atoms with van der Waals surface area (Å²) in [4.78, 5) is 8.90. The van der Waals surface area contributed by atoms with Crippen LogP contribution in [0, 0.1) is 0 Å². The van der Waals surface area contributed by atoms with Crippen molar-refractivity contribution in [1.82, 2.24) is 9.97 Å². The Morgan fingerprint density at radius 1 is 0.737 bits per heavy atom. The van der Waals surface area contributed by atoms with Crippen LogP contribution in [-0.4, -0.2) is 9.97 Å². The van der Waals surface area contributed by atoms with Crippen LogP contribution in [0.25, 0.3) is 22.6 Å². The molecular formula is C16H13N3. The van der Waals surface area contributed by atoms with Crippen LogP contribution in [0.15, 0.2) is 66.9 Å². The van der Waals surface area contributed by atoms with E-state index >= 15 is 0 Å². The van der Waals surface area contributed by atoms with Crippen LogP contribution >= 0.6 is 0 Å². The van der Waals surface area contributed by atoms with Crippen molar-refractivity contribution in [3.05, 3.63) is 66.9 Å². The van der Waals surface area contributed by atoms with Crippen LogP contribution < -0.4 is 5.73 Å². The summed E-state index contributed by atoms with van der Waals surface area (Å²) in [5.41, 5.74) is 9.39. The lowest BCUT2D eigenvalue weighted by molar-refractivity contribution is 1.18. The van der Waals surface area contributed by atoms with E-state index in [1.165, 1.54) is 0 Å². The molecule has 0 fully saturated rings. The van der Waals surface area contributed by atoms with Gasteiger partial charge in [0.05, 0.1) is 5.69 Å². The Balaban J connectivity index is 2.03. The molecule has 1 heterocycles. The Labute approximate surface area is 111 Å². The molecule has 0 aliphatic rings. The third-order valence-corrected chi connectivity index (χ3v) is 2.89. The van der Waals surface area contributed by atoms with Gasteiger partial charge in [0.25, 0.3) is 0 Å². The lowest BCUT2D eigenvalue weighted by Gasteiger charge is -2.04. The highest BCUT2D eigenvalue weighted by Gasteiger charge is 2.04. The topological polar surface area (TPSA) is 51.8 Å². The van der Waals surface area contributed by atoms with Crippen molar-refractivity contribution in [3.8, 4) is 22.6 Å². The molecule has 0 radical (unpaired) electrons. The zero-order valence-corrected chi connectivity index (χ0v) is 10.3. The highest BCUT2D eigenvalue weighted by Crippen LogP contribution is 2.21. The van der Waals surface area contributed by atoms with E-state index in [9.17, 15) is 0 Å². The van der Waals surface area contributed by atoms with Gasteiger partial charge in [0.15, 0.2) is 5.82 Å². The molecule has 0 atom stereocenters. The predicted octanol–water partition coefficient (Wildman–Crippen LogP) is 3.39. The summed E-state index contributed by atoms with van der Waals surface area (Å²) in [7, 11) is 0. The Morgan fingerprint density at radius 3 is 2.21 bits per heavy atom. The van der Waals surface area contributed by atoms with Gasteiger partial charge in [0, 0.05) is 23.0 Å². The molecule has 3 nitrogen and oxygen atoms in total. The maximum atomic E-state index is 5.68. The summed E-state index contributed by atoms with van der Waals surface area (Å²) in [5.74, 6) is 0.710. The van der Waals surface area contributed by atoms with Crippen LogP contribution in [0.1, 0.15) is 0 Å². The zero-order chi connectivity index (χ0) is 13.1. The van der Waals surface area contributed by atoms with Crippen molar-refractivity contribution in [2.24, 2.45) is 0 Å². The standard InChI is InChI=1S/C16H13N3/c17-14-8-6-13(7-9-14)16-18-11-10-15(19-16)12-4-2-1-3-5-12/h1-11H,17H2. The van der Waals surface area contributed by atoms with Crippen molar-refractivity contribution in [2.75, 3.05) is 5.73 Å². The largest absolute Gasteiger partial charge is 0.399 e. The first-order valence-electron chi connectivity index (χ1n) is 6.07. The maximum Gasteiger partial charge on any atom is 0.159 e. The summed E-state index contributed by atoms with van der Waals surface area (Å²) < 4.78 is 0. The first kappa shape index (κ1) is 11.4. The number of hydrogen-bond acceptors (Lipinski definition) is 3. The molecule has 2 aromatic carbocycles. The van der Waals surface area contributed by atoms with Crippen LogP contribution in [-0.2, 0) is 0 Å². The Hall–Kier alpha value is -2.68. The van der Waals surface area contributed by atoms with Gasteiger partial charge in [0.2, 0.25) is 0 Å². The first-order chi connectivity index (χ1) is 9.33. The van der Waals surface area contributed by atoms with Crippen molar-refractivity contribution in [3.63, 3.8) is 0 Å². The van der Waals surface area contributed by atoms with Crippen LogP contribution in [0.3, 0.4) is 0 Å². The molecule has 92 valence electrons. The second kappa shape index (κ2) is 4.90. The summed E-state index contributed by atoms with van der Waals surface area (Å²) in [5, 5.41) is 0. The van der Waals surface area contributed by atoms with E-state index < -0.39 is 0 Å². The second-order valence-electron chi connectivity index (χ2n) is 4.25. The molecule has 0 aliphatic heterocycles. The van der Waals surface area contributed by atoms with Crippen LogP contribution in [0.5, 0.6) is 0 Å². The quantitative estimate of drug-likeness (QED) is 0.706. The number of nitrogens with zero attached hydrogens (tertiary/aromatic N) is 2. The Bertz CT molecular complexity index is 676. The van der Waals surface area contributed by atoms with E-state index in [-0.39, 0.29) is 0 Å². The minimum atomic E-state index is 0.710. The fraction of sp³-hybridized carbons (Fsp3) is 0. The average molecular weight is 247 g/mol. The van der Waals surface area contributed by atoms with Gasteiger partial charge < -0.3 is 5.73 Å². The summed E-state index contributed by atoms with van der Waals surface area (Å²) in [6.07, 6.45) is 1.78. The van der Waals surface area contributed by atoms with Crippen LogP contribution in [0.4, 0.5) is 5.69 Å².